The molecule has 0 spiro atoms. The maximum atomic E-state index is 13.5. The van der Waals surface area contributed by atoms with Gasteiger partial charge in [0.1, 0.15) is 5.54 Å². The van der Waals surface area contributed by atoms with Crippen molar-refractivity contribution in [2.24, 2.45) is 0 Å². The molecule has 1 aliphatic heterocycles. The van der Waals surface area contributed by atoms with Gasteiger partial charge in [-0.3, -0.25) is 9.69 Å². The Bertz CT molecular complexity index is 880. The Morgan fingerprint density at radius 2 is 1.27 bits per heavy atom. The predicted octanol–water partition coefficient (Wildman–Crippen LogP) is 5.01. The van der Waals surface area contributed by atoms with Crippen LogP contribution in [0.5, 0.6) is 0 Å². The van der Waals surface area contributed by atoms with E-state index in [1.165, 1.54) is 0 Å². The van der Waals surface area contributed by atoms with E-state index in [4.69, 9.17) is 0 Å². The summed E-state index contributed by atoms with van der Waals surface area (Å²) in [5.74, 6) is 0.0638. The van der Waals surface area contributed by atoms with Gasteiger partial charge in [-0.1, -0.05) is 72.8 Å². The van der Waals surface area contributed by atoms with Gasteiger partial charge in [0, 0.05) is 0 Å². The standard InChI is InChI=1S/C23H22N2O/c1-23(2)22(26)25(20-16-10-9-15-19(20)24-23)21(17-11-5-3-6-12-17)18-13-7-4-8-14-18/h3-16,21,24H,1-2H3. The van der Waals surface area contributed by atoms with Crippen LogP contribution in [-0.2, 0) is 4.79 Å². The number of rotatable bonds is 3. The Morgan fingerprint density at radius 1 is 0.769 bits per heavy atom. The van der Waals surface area contributed by atoms with Gasteiger partial charge >= 0.3 is 0 Å². The van der Waals surface area contributed by atoms with E-state index in [0.29, 0.717) is 0 Å². The summed E-state index contributed by atoms with van der Waals surface area (Å²) in [5, 5.41) is 3.38. The molecule has 0 atom stereocenters. The first kappa shape index (κ1) is 16.4. The highest BCUT2D eigenvalue weighted by Gasteiger charge is 2.42. The van der Waals surface area contributed by atoms with Crippen LogP contribution in [0.1, 0.15) is 31.0 Å². The van der Waals surface area contributed by atoms with Gasteiger partial charge in [-0.15, -0.1) is 0 Å². The second-order valence-corrected chi connectivity index (χ2v) is 7.17. The highest BCUT2D eigenvalue weighted by Crippen LogP contribution is 2.42. The fourth-order valence-electron chi connectivity index (χ4n) is 3.61. The summed E-state index contributed by atoms with van der Waals surface area (Å²) in [7, 11) is 0. The van der Waals surface area contributed by atoms with Crippen LogP contribution in [-0.4, -0.2) is 11.4 Å². The minimum Gasteiger partial charge on any atom is -0.370 e. The molecule has 0 aromatic heterocycles. The molecule has 4 rings (SSSR count). The number of carbonyl (C=O) groups is 1. The Morgan fingerprint density at radius 3 is 1.85 bits per heavy atom. The third-order valence-corrected chi connectivity index (χ3v) is 4.85. The van der Waals surface area contributed by atoms with E-state index in [2.05, 4.69) is 29.6 Å². The van der Waals surface area contributed by atoms with Crippen molar-refractivity contribution in [3.63, 3.8) is 0 Å². The summed E-state index contributed by atoms with van der Waals surface area (Å²) in [6.07, 6.45) is 0. The largest absolute Gasteiger partial charge is 0.370 e. The first-order valence-electron chi connectivity index (χ1n) is 8.89. The Hall–Kier alpha value is -3.07. The number of nitrogens with zero attached hydrogens (tertiary/aromatic N) is 1. The van der Waals surface area contributed by atoms with Crippen LogP contribution in [0, 0.1) is 0 Å². The van der Waals surface area contributed by atoms with E-state index in [9.17, 15) is 4.79 Å². The lowest BCUT2D eigenvalue weighted by molar-refractivity contribution is -0.122. The molecule has 0 saturated carbocycles. The quantitative estimate of drug-likeness (QED) is 0.725. The highest BCUT2D eigenvalue weighted by atomic mass is 16.2. The van der Waals surface area contributed by atoms with Crippen molar-refractivity contribution < 1.29 is 4.79 Å². The topological polar surface area (TPSA) is 32.3 Å². The SMILES string of the molecule is CC1(C)Nc2ccccc2N(C(c2ccccc2)c2ccccc2)C1=O. The molecule has 1 aliphatic rings. The van der Waals surface area contributed by atoms with Crippen molar-refractivity contribution >= 4 is 17.3 Å². The Labute approximate surface area is 154 Å². The van der Waals surface area contributed by atoms with Crippen LogP contribution in [0.15, 0.2) is 84.9 Å². The number of hydrogen-bond donors (Lipinski definition) is 1. The fraction of sp³-hybridized carbons (Fsp3) is 0.174. The molecule has 3 aromatic carbocycles. The highest BCUT2D eigenvalue weighted by molar-refractivity contribution is 6.08. The third kappa shape index (κ3) is 2.76. The zero-order chi connectivity index (χ0) is 18.1. The van der Waals surface area contributed by atoms with Gasteiger partial charge in [0.15, 0.2) is 0 Å². The molecule has 3 nitrogen and oxygen atoms in total. The van der Waals surface area contributed by atoms with Crippen LogP contribution in [0.4, 0.5) is 11.4 Å². The van der Waals surface area contributed by atoms with Gasteiger partial charge in [-0.05, 0) is 37.1 Å². The van der Waals surface area contributed by atoms with Gasteiger partial charge in [0.05, 0.1) is 17.4 Å². The van der Waals surface area contributed by atoms with Crippen molar-refractivity contribution in [2.45, 2.75) is 25.4 Å². The van der Waals surface area contributed by atoms with Crippen molar-refractivity contribution in [3.05, 3.63) is 96.1 Å². The molecule has 0 unspecified atom stereocenters. The van der Waals surface area contributed by atoms with Gasteiger partial charge in [-0.2, -0.15) is 0 Å². The number of anilines is 2. The van der Waals surface area contributed by atoms with E-state index in [1.807, 2.05) is 79.4 Å². The lowest BCUT2D eigenvalue weighted by Gasteiger charge is -2.44. The number of hydrogen-bond acceptors (Lipinski definition) is 2. The maximum Gasteiger partial charge on any atom is 0.252 e. The van der Waals surface area contributed by atoms with E-state index in [-0.39, 0.29) is 11.9 Å². The summed E-state index contributed by atoms with van der Waals surface area (Å²) >= 11 is 0. The molecule has 1 N–H and O–H groups in total. The molecular weight excluding hydrogens is 320 g/mol. The van der Waals surface area contributed by atoms with E-state index >= 15 is 0 Å². The average Bonchev–Trinajstić information content (AvgIpc) is 2.66. The van der Waals surface area contributed by atoms with Crippen LogP contribution in [0.2, 0.25) is 0 Å². The average molecular weight is 342 g/mol. The summed E-state index contributed by atoms with van der Waals surface area (Å²) in [4.78, 5) is 15.4. The smallest absolute Gasteiger partial charge is 0.252 e. The van der Waals surface area contributed by atoms with Gasteiger partial charge in [-0.25, -0.2) is 0 Å². The normalized spacial score (nSPS) is 15.5. The van der Waals surface area contributed by atoms with E-state index in [1.54, 1.807) is 0 Å². The van der Waals surface area contributed by atoms with E-state index < -0.39 is 5.54 Å². The van der Waals surface area contributed by atoms with Crippen molar-refractivity contribution in [1.29, 1.82) is 0 Å². The van der Waals surface area contributed by atoms with Crippen LogP contribution in [0.3, 0.4) is 0 Å². The maximum absolute atomic E-state index is 13.5. The molecule has 3 heteroatoms. The number of fused-ring (bicyclic) bond motifs is 1. The lowest BCUT2D eigenvalue weighted by Crippen LogP contribution is -2.55. The van der Waals surface area contributed by atoms with Crippen LogP contribution >= 0.6 is 0 Å². The van der Waals surface area contributed by atoms with Gasteiger partial charge in [0.25, 0.3) is 5.91 Å². The molecule has 26 heavy (non-hydrogen) atoms. The third-order valence-electron chi connectivity index (χ3n) is 4.85. The number of amides is 1. The zero-order valence-corrected chi connectivity index (χ0v) is 15.0. The molecule has 0 fully saturated rings. The minimum atomic E-state index is -0.670. The van der Waals surface area contributed by atoms with Crippen LogP contribution < -0.4 is 10.2 Å². The Kier molecular flexibility index (Phi) is 4.00. The molecule has 130 valence electrons. The Balaban J connectivity index is 1.94. The molecule has 1 amide bonds. The first-order chi connectivity index (χ1) is 12.6. The lowest BCUT2D eigenvalue weighted by atomic mass is 9.91. The predicted molar refractivity (Wildman–Crippen MR) is 106 cm³/mol. The molecule has 0 aliphatic carbocycles. The zero-order valence-electron chi connectivity index (χ0n) is 15.0. The molecule has 0 radical (unpaired) electrons. The molecule has 3 aromatic rings. The van der Waals surface area contributed by atoms with Crippen molar-refractivity contribution in [2.75, 3.05) is 10.2 Å². The number of nitrogens with one attached hydrogen (secondary N) is 1. The second kappa shape index (κ2) is 6.34. The molecule has 1 heterocycles. The van der Waals surface area contributed by atoms with Crippen molar-refractivity contribution in [3.8, 4) is 0 Å². The first-order valence-corrected chi connectivity index (χ1v) is 8.89. The number of para-hydroxylation sites is 2. The summed E-state index contributed by atoms with van der Waals surface area (Å²) in [6.45, 7) is 3.87. The molecule has 0 bridgehead atoms. The number of benzene rings is 3. The molecule has 0 saturated heterocycles. The minimum absolute atomic E-state index is 0.0638. The second-order valence-electron chi connectivity index (χ2n) is 7.17. The number of carbonyl (C=O) groups excluding carboxylic acids is 1. The summed E-state index contributed by atoms with van der Waals surface area (Å²) in [5.41, 5.74) is 3.42. The van der Waals surface area contributed by atoms with Crippen molar-refractivity contribution in [1.82, 2.24) is 0 Å². The van der Waals surface area contributed by atoms with Crippen LogP contribution in [0.25, 0.3) is 0 Å². The van der Waals surface area contributed by atoms with Gasteiger partial charge < -0.3 is 5.32 Å². The van der Waals surface area contributed by atoms with Gasteiger partial charge in [0.2, 0.25) is 0 Å². The summed E-state index contributed by atoms with van der Waals surface area (Å²) < 4.78 is 0. The monoisotopic (exact) mass is 342 g/mol. The molecular formula is C23H22N2O. The fourth-order valence-corrected chi connectivity index (χ4v) is 3.61. The van der Waals surface area contributed by atoms with E-state index in [0.717, 1.165) is 22.5 Å². The summed E-state index contributed by atoms with van der Waals surface area (Å²) in [6, 6.07) is 28.3.